The molecular weight excluding hydrogens is 246 g/mol. The second-order valence-electron chi connectivity index (χ2n) is 6.63. The fraction of sp³-hybridized carbons (Fsp3) is 1.00. The molecule has 20 heavy (non-hydrogen) atoms. The standard InChI is InChI=1S/C18H37NO/c1-2-3-4-5-6-7-8-9-10-11-12-13-14-17-15-16-18(20)19-17/h17-20H,2-16H2,1H3. The Morgan fingerprint density at radius 2 is 1.25 bits per heavy atom. The zero-order valence-corrected chi connectivity index (χ0v) is 13.7. The van der Waals surface area contributed by atoms with Crippen LogP contribution in [-0.2, 0) is 0 Å². The second-order valence-corrected chi connectivity index (χ2v) is 6.63. The summed E-state index contributed by atoms with van der Waals surface area (Å²) in [5, 5.41) is 12.6. The zero-order valence-electron chi connectivity index (χ0n) is 13.7. The third-order valence-electron chi connectivity index (χ3n) is 4.62. The minimum Gasteiger partial charge on any atom is -0.379 e. The summed E-state index contributed by atoms with van der Waals surface area (Å²) in [6.07, 6.45) is 20.2. The van der Waals surface area contributed by atoms with Crippen molar-refractivity contribution >= 4 is 0 Å². The van der Waals surface area contributed by atoms with Gasteiger partial charge in [-0.15, -0.1) is 0 Å². The SMILES string of the molecule is CCCCCCCCCCCCCCC1CCC(O)N1. The van der Waals surface area contributed by atoms with Crippen LogP contribution >= 0.6 is 0 Å². The molecule has 0 aromatic rings. The predicted octanol–water partition coefficient (Wildman–Crippen LogP) is 5.15. The van der Waals surface area contributed by atoms with E-state index in [0.29, 0.717) is 6.04 Å². The summed E-state index contributed by atoms with van der Waals surface area (Å²) in [6.45, 7) is 2.28. The number of nitrogens with one attached hydrogen (secondary N) is 1. The Kier molecular flexibility index (Phi) is 11.4. The van der Waals surface area contributed by atoms with Gasteiger partial charge >= 0.3 is 0 Å². The normalized spacial score (nSPS) is 22.5. The molecular formula is C18H37NO. The summed E-state index contributed by atoms with van der Waals surface area (Å²) in [7, 11) is 0. The van der Waals surface area contributed by atoms with E-state index in [1.54, 1.807) is 0 Å². The molecule has 0 spiro atoms. The summed E-state index contributed by atoms with van der Waals surface area (Å²) < 4.78 is 0. The van der Waals surface area contributed by atoms with Crippen molar-refractivity contribution in [3.63, 3.8) is 0 Å². The Balaban J connectivity index is 1.70. The van der Waals surface area contributed by atoms with E-state index < -0.39 is 0 Å². The Bertz CT molecular complexity index is 208. The molecule has 1 fully saturated rings. The van der Waals surface area contributed by atoms with E-state index in [-0.39, 0.29) is 6.23 Å². The van der Waals surface area contributed by atoms with Gasteiger partial charge in [-0.05, 0) is 19.3 Å². The lowest BCUT2D eigenvalue weighted by Crippen LogP contribution is -2.28. The smallest absolute Gasteiger partial charge is 0.105 e. The van der Waals surface area contributed by atoms with Crippen LogP contribution in [0, 0.1) is 0 Å². The molecule has 0 aromatic heterocycles. The van der Waals surface area contributed by atoms with Crippen LogP contribution in [0.25, 0.3) is 0 Å². The molecule has 1 saturated heterocycles. The Labute approximate surface area is 126 Å². The van der Waals surface area contributed by atoms with Crippen molar-refractivity contribution in [1.29, 1.82) is 0 Å². The van der Waals surface area contributed by atoms with E-state index in [1.807, 2.05) is 0 Å². The molecule has 2 heteroatoms. The third kappa shape index (κ3) is 9.77. The largest absolute Gasteiger partial charge is 0.379 e. The third-order valence-corrected chi connectivity index (χ3v) is 4.62. The Morgan fingerprint density at radius 1 is 0.750 bits per heavy atom. The van der Waals surface area contributed by atoms with Gasteiger partial charge in [-0.3, -0.25) is 5.32 Å². The van der Waals surface area contributed by atoms with Gasteiger partial charge in [0.1, 0.15) is 6.23 Å². The van der Waals surface area contributed by atoms with E-state index in [9.17, 15) is 5.11 Å². The topological polar surface area (TPSA) is 32.3 Å². The molecule has 2 unspecified atom stereocenters. The predicted molar refractivity (Wildman–Crippen MR) is 87.9 cm³/mol. The first-order valence-corrected chi connectivity index (χ1v) is 9.27. The number of rotatable bonds is 13. The molecule has 2 atom stereocenters. The minimum atomic E-state index is -0.225. The Morgan fingerprint density at radius 3 is 1.70 bits per heavy atom. The quantitative estimate of drug-likeness (QED) is 0.458. The van der Waals surface area contributed by atoms with E-state index >= 15 is 0 Å². The van der Waals surface area contributed by atoms with Gasteiger partial charge in [0.15, 0.2) is 0 Å². The van der Waals surface area contributed by atoms with E-state index in [4.69, 9.17) is 0 Å². The van der Waals surface area contributed by atoms with Crippen molar-refractivity contribution in [2.75, 3.05) is 0 Å². The molecule has 0 radical (unpaired) electrons. The van der Waals surface area contributed by atoms with Gasteiger partial charge in [0.05, 0.1) is 0 Å². The van der Waals surface area contributed by atoms with Gasteiger partial charge in [-0.2, -0.15) is 0 Å². The molecule has 1 heterocycles. The number of aliphatic hydroxyl groups is 1. The van der Waals surface area contributed by atoms with Crippen molar-refractivity contribution in [2.24, 2.45) is 0 Å². The minimum absolute atomic E-state index is 0.225. The first kappa shape index (κ1) is 18.0. The highest BCUT2D eigenvalue weighted by molar-refractivity contribution is 4.76. The molecule has 0 aliphatic carbocycles. The maximum atomic E-state index is 9.38. The Hall–Kier alpha value is -0.0800. The first-order valence-electron chi connectivity index (χ1n) is 9.27. The summed E-state index contributed by atoms with van der Waals surface area (Å²) in [6, 6.07) is 0.591. The van der Waals surface area contributed by atoms with Crippen LogP contribution in [0.15, 0.2) is 0 Å². The molecule has 1 rings (SSSR count). The fourth-order valence-electron chi connectivity index (χ4n) is 3.26. The van der Waals surface area contributed by atoms with Crippen LogP contribution in [0.4, 0.5) is 0 Å². The van der Waals surface area contributed by atoms with E-state index in [0.717, 1.165) is 6.42 Å². The lowest BCUT2D eigenvalue weighted by molar-refractivity contribution is 0.153. The molecule has 0 aromatic carbocycles. The molecule has 0 bridgehead atoms. The average molecular weight is 283 g/mol. The molecule has 0 amide bonds. The van der Waals surface area contributed by atoms with Crippen LogP contribution in [-0.4, -0.2) is 17.4 Å². The molecule has 2 nitrogen and oxygen atoms in total. The van der Waals surface area contributed by atoms with Crippen LogP contribution in [0.2, 0.25) is 0 Å². The summed E-state index contributed by atoms with van der Waals surface area (Å²) in [5.74, 6) is 0. The summed E-state index contributed by atoms with van der Waals surface area (Å²) in [5.41, 5.74) is 0. The lowest BCUT2D eigenvalue weighted by atomic mass is 10.0. The van der Waals surface area contributed by atoms with Gasteiger partial charge in [0.25, 0.3) is 0 Å². The monoisotopic (exact) mass is 283 g/mol. The summed E-state index contributed by atoms with van der Waals surface area (Å²) >= 11 is 0. The van der Waals surface area contributed by atoms with Crippen molar-refractivity contribution in [1.82, 2.24) is 5.32 Å². The molecule has 0 saturated carbocycles. The highest BCUT2D eigenvalue weighted by atomic mass is 16.3. The van der Waals surface area contributed by atoms with E-state index in [1.165, 1.54) is 89.9 Å². The molecule has 120 valence electrons. The highest BCUT2D eigenvalue weighted by Gasteiger charge is 2.20. The van der Waals surface area contributed by atoms with Gasteiger partial charge in [0.2, 0.25) is 0 Å². The van der Waals surface area contributed by atoms with Crippen molar-refractivity contribution in [3.05, 3.63) is 0 Å². The van der Waals surface area contributed by atoms with Crippen LogP contribution in [0.5, 0.6) is 0 Å². The van der Waals surface area contributed by atoms with Crippen molar-refractivity contribution in [3.8, 4) is 0 Å². The molecule has 2 N–H and O–H groups in total. The van der Waals surface area contributed by atoms with Crippen LogP contribution in [0.1, 0.15) is 103 Å². The van der Waals surface area contributed by atoms with Gasteiger partial charge in [-0.25, -0.2) is 0 Å². The fourth-order valence-corrected chi connectivity index (χ4v) is 3.26. The van der Waals surface area contributed by atoms with Crippen LogP contribution in [0.3, 0.4) is 0 Å². The molecule has 1 aliphatic heterocycles. The average Bonchev–Trinajstić information content (AvgIpc) is 2.86. The maximum Gasteiger partial charge on any atom is 0.105 e. The highest BCUT2D eigenvalue weighted by Crippen LogP contribution is 2.17. The number of unbranched alkanes of at least 4 members (excludes halogenated alkanes) is 11. The number of aliphatic hydroxyl groups excluding tert-OH is 1. The number of hydrogen-bond acceptors (Lipinski definition) is 2. The second kappa shape index (κ2) is 12.6. The summed E-state index contributed by atoms with van der Waals surface area (Å²) in [4.78, 5) is 0. The number of hydrogen-bond donors (Lipinski definition) is 2. The van der Waals surface area contributed by atoms with E-state index in [2.05, 4.69) is 12.2 Å². The van der Waals surface area contributed by atoms with Gasteiger partial charge in [-0.1, -0.05) is 84.0 Å². The maximum absolute atomic E-state index is 9.38. The van der Waals surface area contributed by atoms with Gasteiger partial charge < -0.3 is 5.11 Å². The zero-order chi connectivity index (χ0) is 14.5. The lowest BCUT2D eigenvalue weighted by Gasteiger charge is -2.10. The van der Waals surface area contributed by atoms with Gasteiger partial charge in [0, 0.05) is 6.04 Å². The van der Waals surface area contributed by atoms with Crippen molar-refractivity contribution < 1.29 is 5.11 Å². The van der Waals surface area contributed by atoms with Crippen LogP contribution < -0.4 is 5.32 Å². The van der Waals surface area contributed by atoms with Crippen molar-refractivity contribution in [2.45, 2.75) is 116 Å². The first-order chi connectivity index (χ1) is 9.83. The molecule has 1 aliphatic rings.